The van der Waals surface area contributed by atoms with Crippen molar-refractivity contribution in [3.8, 4) is 11.8 Å². The lowest BCUT2D eigenvalue weighted by Crippen LogP contribution is -2.03. The highest BCUT2D eigenvalue weighted by Gasteiger charge is 2.15. The number of rotatable bonds is 4. The SMILES string of the molecule is CC(Oc1ccc([N+](=O)[O-])c(C#N)c1)c1ccccc1. The predicted octanol–water partition coefficient (Wildman–Crippen LogP) is 3.61. The summed E-state index contributed by atoms with van der Waals surface area (Å²) in [5.41, 5.74) is 0.768. The molecule has 0 amide bonds. The van der Waals surface area contributed by atoms with Gasteiger partial charge in [-0.15, -0.1) is 0 Å². The van der Waals surface area contributed by atoms with E-state index in [9.17, 15) is 10.1 Å². The first-order chi connectivity index (χ1) is 9.61. The van der Waals surface area contributed by atoms with Gasteiger partial charge in [0.15, 0.2) is 0 Å². The number of nitro groups is 1. The molecule has 5 nitrogen and oxygen atoms in total. The predicted molar refractivity (Wildman–Crippen MR) is 73.3 cm³/mol. The van der Waals surface area contributed by atoms with Crippen molar-refractivity contribution in [2.45, 2.75) is 13.0 Å². The summed E-state index contributed by atoms with van der Waals surface area (Å²) in [4.78, 5) is 10.2. The summed E-state index contributed by atoms with van der Waals surface area (Å²) in [6.45, 7) is 1.88. The van der Waals surface area contributed by atoms with Crippen molar-refractivity contribution < 1.29 is 9.66 Å². The van der Waals surface area contributed by atoms with E-state index in [1.165, 1.54) is 18.2 Å². The quantitative estimate of drug-likeness (QED) is 0.627. The first kappa shape index (κ1) is 13.6. The second-order valence-corrected chi connectivity index (χ2v) is 4.22. The molecule has 0 aromatic heterocycles. The van der Waals surface area contributed by atoms with E-state index < -0.39 is 4.92 Å². The number of hydrogen-bond donors (Lipinski definition) is 0. The van der Waals surface area contributed by atoms with Crippen molar-refractivity contribution in [2.24, 2.45) is 0 Å². The van der Waals surface area contributed by atoms with E-state index in [0.29, 0.717) is 5.75 Å². The average molecular weight is 268 g/mol. The van der Waals surface area contributed by atoms with Gasteiger partial charge in [0.05, 0.1) is 4.92 Å². The van der Waals surface area contributed by atoms with Crippen molar-refractivity contribution in [3.05, 3.63) is 69.8 Å². The molecule has 0 N–H and O–H groups in total. The Hall–Kier alpha value is -2.87. The summed E-state index contributed by atoms with van der Waals surface area (Å²) in [6.07, 6.45) is -0.204. The van der Waals surface area contributed by atoms with Crippen molar-refractivity contribution in [1.29, 1.82) is 5.26 Å². The molecule has 20 heavy (non-hydrogen) atoms. The van der Waals surface area contributed by atoms with Gasteiger partial charge in [0.2, 0.25) is 0 Å². The van der Waals surface area contributed by atoms with Gasteiger partial charge in [0, 0.05) is 12.1 Å². The van der Waals surface area contributed by atoms with Crippen LogP contribution < -0.4 is 4.74 Å². The number of ether oxygens (including phenoxy) is 1. The number of benzene rings is 2. The third-order valence-corrected chi connectivity index (χ3v) is 2.87. The van der Waals surface area contributed by atoms with Crippen LogP contribution in [0.4, 0.5) is 5.69 Å². The van der Waals surface area contributed by atoms with Gasteiger partial charge in [-0.3, -0.25) is 10.1 Å². The van der Waals surface area contributed by atoms with Crippen molar-refractivity contribution in [3.63, 3.8) is 0 Å². The molecule has 5 heteroatoms. The fraction of sp³-hybridized carbons (Fsp3) is 0.133. The molecule has 0 bridgehead atoms. The van der Waals surface area contributed by atoms with Crippen LogP contribution >= 0.6 is 0 Å². The third-order valence-electron chi connectivity index (χ3n) is 2.87. The first-order valence-corrected chi connectivity index (χ1v) is 6.02. The zero-order valence-corrected chi connectivity index (χ0v) is 10.8. The van der Waals surface area contributed by atoms with Crippen LogP contribution in [0.5, 0.6) is 5.75 Å². The Morgan fingerprint density at radius 1 is 1.25 bits per heavy atom. The summed E-state index contributed by atoms with van der Waals surface area (Å²) in [6, 6.07) is 15.6. The van der Waals surface area contributed by atoms with Gasteiger partial charge >= 0.3 is 0 Å². The van der Waals surface area contributed by atoms with Gasteiger partial charge in [-0.1, -0.05) is 30.3 Å². The molecule has 0 radical (unpaired) electrons. The van der Waals surface area contributed by atoms with Crippen molar-refractivity contribution >= 4 is 5.69 Å². The highest BCUT2D eigenvalue weighted by atomic mass is 16.6. The molecule has 2 aromatic carbocycles. The third kappa shape index (κ3) is 2.93. The van der Waals surface area contributed by atoms with E-state index in [4.69, 9.17) is 10.00 Å². The number of nitriles is 1. The molecule has 0 heterocycles. The smallest absolute Gasteiger partial charge is 0.287 e. The lowest BCUT2D eigenvalue weighted by atomic mass is 10.1. The van der Waals surface area contributed by atoms with E-state index in [2.05, 4.69) is 0 Å². The maximum atomic E-state index is 10.7. The topological polar surface area (TPSA) is 76.2 Å². The van der Waals surface area contributed by atoms with Crippen LogP contribution in [0, 0.1) is 21.4 Å². The fourth-order valence-electron chi connectivity index (χ4n) is 1.83. The second kappa shape index (κ2) is 5.85. The minimum absolute atomic E-state index is 0.00670. The largest absolute Gasteiger partial charge is 0.486 e. The van der Waals surface area contributed by atoms with E-state index in [1.54, 1.807) is 0 Å². The molecule has 0 saturated heterocycles. The average Bonchev–Trinajstić information content (AvgIpc) is 2.47. The molecule has 0 saturated carbocycles. The summed E-state index contributed by atoms with van der Waals surface area (Å²) in [5.74, 6) is 0.434. The normalized spacial score (nSPS) is 11.4. The molecular weight excluding hydrogens is 256 g/mol. The lowest BCUT2D eigenvalue weighted by Gasteiger charge is -2.15. The van der Waals surface area contributed by atoms with Crippen molar-refractivity contribution in [2.75, 3.05) is 0 Å². The van der Waals surface area contributed by atoms with Crippen LogP contribution in [0.15, 0.2) is 48.5 Å². The van der Waals surface area contributed by atoms with Gasteiger partial charge < -0.3 is 4.74 Å². The van der Waals surface area contributed by atoms with E-state index in [0.717, 1.165) is 5.56 Å². The zero-order valence-electron chi connectivity index (χ0n) is 10.8. The molecule has 0 aliphatic heterocycles. The fourth-order valence-corrected chi connectivity index (χ4v) is 1.83. The Bertz CT molecular complexity index is 663. The van der Waals surface area contributed by atoms with E-state index in [1.807, 2.05) is 43.3 Å². The Labute approximate surface area is 116 Å². The standard InChI is InChI=1S/C15H12N2O3/c1-11(12-5-3-2-4-6-12)20-14-7-8-15(17(18)19)13(9-14)10-16/h2-9,11H,1H3. The Morgan fingerprint density at radius 3 is 2.55 bits per heavy atom. The molecule has 100 valence electrons. The van der Waals surface area contributed by atoms with Crippen LogP contribution in [-0.2, 0) is 0 Å². The summed E-state index contributed by atoms with van der Waals surface area (Å²) in [5, 5.41) is 19.7. The minimum Gasteiger partial charge on any atom is -0.486 e. The molecule has 0 aliphatic rings. The van der Waals surface area contributed by atoms with Crippen LogP contribution in [0.25, 0.3) is 0 Å². The molecule has 1 atom stereocenters. The molecular formula is C15H12N2O3. The van der Waals surface area contributed by atoms with Crippen LogP contribution in [-0.4, -0.2) is 4.92 Å². The second-order valence-electron chi connectivity index (χ2n) is 4.22. The van der Waals surface area contributed by atoms with Crippen LogP contribution in [0.3, 0.4) is 0 Å². The van der Waals surface area contributed by atoms with Gasteiger partial charge in [-0.05, 0) is 18.6 Å². The van der Waals surface area contributed by atoms with Crippen molar-refractivity contribution in [1.82, 2.24) is 0 Å². The number of hydrogen-bond acceptors (Lipinski definition) is 4. The minimum atomic E-state index is -0.580. The molecule has 2 rings (SSSR count). The van der Waals surface area contributed by atoms with Crippen LogP contribution in [0.1, 0.15) is 24.2 Å². The Balaban J connectivity index is 2.23. The first-order valence-electron chi connectivity index (χ1n) is 6.02. The summed E-state index contributed by atoms with van der Waals surface area (Å²) in [7, 11) is 0. The summed E-state index contributed by atoms with van der Waals surface area (Å²) < 4.78 is 5.70. The Morgan fingerprint density at radius 2 is 1.95 bits per heavy atom. The number of nitro benzene ring substituents is 1. The van der Waals surface area contributed by atoms with E-state index in [-0.39, 0.29) is 17.4 Å². The van der Waals surface area contributed by atoms with E-state index >= 15 is 0 Å². The molecule has 1 unspecified atom stereocenters. The lowest BCUT2D eigenvalue weighted by molar-refractivity contribution is -0.385. The molecule has 0 fully saturated rings. The highest BCUT2D eigenvalue weighted by molar-refractivity contribution is 5.52. The van der Waals surface area contributed by atoms with Gasteiger partial charge in [0.25, 0.3) is 5.69 Å². The van der Waals surface area contributed by atoms with Gasteiger partial charge in [-0.2, -0.15) is 5.26 Å². The van der Waals surface area contributed by atoms with Gasteiger partial charge in [-0.25, -0.2) is 0 Å². The maximum absolute atomic E-state index is 10.7. The zero-order chi connectivity index (χ0) is 14.5. The molecule has 2 aromatic rings. The number of nitrogens with zero attached hydrogens (tertiary/aromatic N) is 2. The summed E-state index contributed by atoms with van der Waals surface area (Å²) >= 11 is 0. The van der Waals surface area contributed by atoms with Crippen LogP contribution in [0.2, 0.25) is 0 Å². The molecule has 0 spiro atoms. The monoisotopic (exact) mass is 268 g/mol. The highest BCUT2D eigenvalue weighted by Crippen LogP contribution is 2.27. The maximum Gasteiger partial charge on any atom is 0.287 e. The molecule has 0 aliphatic carbocycles. The Kier molecular flexibility index (Phi) is 3.96. The van der Waals surface area contributed by atoms with Gasteiger partial charge in [0.1, 0.15) is 23.5 Å².